The number of benzene rings is 1. The molecular formula is C23H24N2O5S. The van der Waals surface area contributed by atoms with Crippen LogP contribution in [-0.4, -0.2) is 30.4 Å². The number of carbonyl (C=O) groups excluding carboxylic acids is 3. The van der Waals surface area contributed by atoms with E-state index >= 15 is 0 Å². The van der Waals surface area contributed by atoms with Crippen LogP contribution < -0.4 is 10.6 Å². The number of furan rings is 1. The Morgan fingerprint density at radius 2 is 1.81 bits per heavy atom. The Kier molecular flexibility index (Phi) is 6.91. The molecule has 0 aliphatic heterocycles. The van der Waals surface area contributed by atoms with Crippen molar-refractivity contribution in [3.05, 3.63) is 75.6 Å². The maximum atomic E-state index is 13.2. The number of Topliss-reactive ketones (excluding diaryl/α,β-unsaturated/α-hetero) is 1. The monoisotopic (exact) mass is 440 g/mol. The average molecular weight is 441 g/mol. The quantitative estimate of drug-likeness (QED) is 0.304. The van der Waals surface area contributed by atoms with Crippen molar-refractivity contribution in [1.82, 2.24) is 5.32 Å². The summed E-state index contributed by atoms with van der Waals surface area (Å²) in [6.45, 7) is 7.58. The first-order chi connectivity index (χ1) is 14.8. The third-order valence-corrected chi connectivity index (χ3v) is 5.90. The average Bonchev–Trinajstić information content (AvgIpc) is 3.37. The molecule has 0 aliphatic rings. The van der Waals surface area contributed by atoms with Crippen molar-refractivity contribution in [2.75, 3.05) is 11.9 Å². The fourth-order valence-corrected chi connectivity index (χ4v) is 4.05. The molecule has 162 valence electrons. The normalized spacial score (nSPS) is 11.6. The van der Waals surface area contributed by atoms with Crippen LogP contribution in [0.15, 0.2) is 47.1 Å². The van der Waals surface area contributed by atoms with Gasteiger partial charge in [-0.05, 0) is 45.4 Å². The molecule has 0 spiro atoms. The van der Waals surface area contributed by atoms with Crippen molar-refractivity contribution >= 4 is 34.0 Å². The lowest BCUT2D eigenvalue weighted by Gasteiger charge is -2.20. The summed E-state index contributed by atoms with van der Waals surface area (Å²) in [5, 5.41) is 6.17. The van der Waals surface area contributed by atoms with Gasteiger partial charge >= 0.3 is 5.97 Å². The van der Waals surface area contributed by atoms with Crippen LogP contribution in [0.1, 0.15) is 54.2 Å². The Hall–Kier alpha value is -3.39. The van der Waals surface area contributed by atoms with Gasteiger partial charge in [0, 0.05) is 10.4 Å². The summed E-state index contributed by atoms with van der Waals surface area (Å²) in [5.41, 5.74) is 2.56. The number of hydrogen-bond acceptors (Lipinski definition) is 7. The second-order valence-electron chi connectivity index (χ2n) is 6.97. The lowest BCUT2D eigenvalue weighted by molar-refractivity contribution is 0.0526. The second-order valence-corrected chi connectivity index (χ2v) is 8.19. The first-order valence-corrected chi connectivity index (χ1v) is 10.6. The Balaban J connectivity index is 1.96. The molecule has 0 bridgehead atoms. The molecule has 0 saturated carbocycles. The minimum Gasteiger partial charge on any atom is -0.462 e. The number of hydrogen-bond donors (Lipinski definition) is 2. The smallest absolute Gasteiger partial charge is 0.341 e. The molecule has 2 aromatic heterocycles. The van der Waals surface area contributed by atoms with E-state index in [-0.39, 0.29) is 18.2 Å². The van der Waals surface area contributed by atoms with Crippen LogP contribution in [0.4, 0.5) is 5.00 Å². The summed E-state index contributed by atoms with van der Waals surface area (Å²) in [7, 11) is 0. The molecule has 0 unspecified atom stereocenters. The van der Waals surface area contributed by atoms with Crippen LogP contribution in [-0.2, 0) is 4.74 Å². The van der Waals surface area contributed by atoms with Gasteiger partial charge in [-0.2, -0.15) is 0 Å². The van der Waals surface area contributed by atoms with Crippen LogP contribution in [0.25, 0.3) is 0 Å². The van der Waals surface area contributed by atoms with Crippen molar-refractivity contribution in [2.45, 2.75) is 33.9 Å². The number of aryl methyl sites for hydroxylation is 2. The molecule has 0 fully saturated rings. The number of anilines is 1. The molecule has 0 saturated heterocycles. The highest BCUT2D eigenvalue weighted by Crippen LogP contribution is 2.33. The Bertz CT molecular complexity index is 1080. The van der Waals surface area contributed by atoms with Crippen molar-refractivity contribution < 1.29 is 23.5 Å². The van der Waals surface area contributed by atoms with Gasteiger partial charge in [-0.3, -0.25) is 9.59 Å². The highest BCUT2D eigenvalue weighted by atomic mass is 32.1. The van der Waals surface area contributed by atoms with Gasteiger partial charge < -0.3 is 19.8 Å². The number of nitrogens with one attached hydrogen (secondary N) is 2. The second kappa shape index (κ2) is 9.61. The van der Waals surface area contributed by atoms with E-state index in [1.165, 1.54) is 23.7 Å². The summed E-state index contributed by atoms with van der Waals surface area (Å²) in [4.78, 5) is 39.3. The molecule has 0 aliphatic carbocycles. The van der Waals surface area contributed by atoms with Gasteiger partial charge in [0.05, 0.1) is 18.4 Å². The summed E-state index contributed by atoms with van der Waals surface area (Å²) in [6, 6.07) is 10.1. The van der Waals surface area contributed by atoms with Gasteiger partial charge in [0.25, 0.3) is 5.91 Å². The zero-order valence-corrected chi connectivity index (χ0v) is 18.6. The highest BCUT2D eigenvalue weighted by Gasteiger charge is 2.28. The number of rotatable bonds is 8. The molecule has 1 amide bonds. The molecule has 1 aromatic carbocycles. The number of carbonyl (C=O) groups is 3. The molecule has 31 heavy (non-hydrogen) atoms. The molecule has 7 nitrogen and oxygen atoms in total. The lowest BCUT2D eigenvalue weighted by atomic mass is 10.1. The van der Waals surface area contributed by atoms with Gasteiger partial charge in [-0.25, -0.2) is 4.79 Å². The third kappa shape index (κ3) is 5.03. The van der Waals surface area contributed by atoms with E-state index in [4.69, 9.17) is 9.15 Å². The molecule has 0 radical (unpaired) electrons. The van der Waals surface area contributed by atoms with E-state index in [2.05, 4.69) is 10.6 Å². The molecule has 1 atom stereocenters. The van der Waals surface area contributed by atoms with Gasteiger partial charge in [-0.15, -0.1) is 11.3 Å². The Morgan fingerprint density at radius 3 is 2.42 bits per heavy atom. The summed E-state index contributed by atoms with van der Waals surface area (Å²) < 4.78 is 10.3. The fourth-order valence-electron chi connectivity index (χ4n) is 2.97. The third-order valence-electron chi connectivity index (χ3n) is 4.76. The van der Waals surface area contributed by atoms with E-state index in [1.54, 1.807) is 25.1 Å². The minimum atomic E-state index is -1.12. The molecule has 3 rings (SSSR count). The van der Waals surface area contributed by atoms with Crippen LogP contribution in [0.5, 0.6) is 0 Å². The summed E-state index contributed by atoms with van der Waals surface area (Å²) in [5.74, 6) is -1.30. The van der Waals surface area contributed by atoms with Crippen molar-refractivity contribution in [3.63, 3.8) is 0 Å². The maximum absolute atomic E-state index is 13.2. The van der Waals surface area contributed by atoms with Crippen LogP contribution in [0.3, 0.4) is 0 Å². The van der Waals surface area contributed by atoms with Gasteiger partial charge in [0.2, 0.25) is 5.78 Å². The van der Waals surface area contributed by atoms with Crippen molar-refractivity contribution in [2.24, 2.45) is 0 Å². The van der Waals surface area contributed by atoms with Crippen molar-refractivity contribution in [1.29, 1.82) is 0 Å². The molecule has 2 N–H and O–H groups in total. The fraction of sp³-hybridized carbons (Fsp3) is 0.261. The minimum absolute atomic E-state index is 0.0765. The SMILES string of the molecule is CCOC(=O)c1c(N[C@@H](NC(=O)c2ccco2)C(=O)c2ccc(C)cc2)sc(C)c1C. The summed E-state index contributed by atoms with van der Waals surface area (Å²) >= 11 is 1.32. The molecule has 2 heterocycles. The van der Waals surface area contributed by atoms with E-state index in [0.29, 0.717) is 16.1 Å². The zero-order valence-electron chi connectivity index (χ0n) is 17.8. The molecule has 3 aromatic rings. The zero-order chi connectivity index (χ0) is 22.5. The van der Waals surface area contributed by atoms with E-state index < -0.39 is 18.0 Å². The van der Waals surface area contributed by atoms with E-state index in [1.807, 2.05) is 32.9 Å². The number of amides is 1. The van der Waals surface area contributed by atoms with E-state index in [0.717, 1.165) is 16.0 Å². The van der Waals surface area contributed by atoms with Crippen LogP contribution >= 0.6 is 11.3 Å². The first kappa shape index (κ1) is 22.3. The van der Waals surface area contributed by atoms with Gasteiger partial charge in [0.15, 0.2) is 11.9 Å². The standard InChI is InChI=1S/C23H24N2O5S/c1-5-29-23(28)18-14(3)15(4)31-22(18)25-20(24-21(27)17-7-6-12-30-17)19(26)16-10-8-13(2)9-11-16/h6-12,20,25H,5H2,1-4H3,(H,24,27)/t20-/m1/s1. The predicted molar refractivity (Wildman–Crippen MR) is 119 cm³/mol. The number of thiophene rings is 1. The molecule has 8 heteroatoms. The number of esters is 1. The van der Waals surface area contributed by atoms with E-state index in [9.17, 15) is 14.4 Å². The van der Waals surface area contributed by atoms with Crippen LogP contribution in [0, 0.1) is 20.8 Å². The summed E-state index contributed by atoms with van der Waals surface area (Å²) in [6.07, 6.45) is 0.259. The Labute approximate surface area is 184 Å². The molecular weight excluding hydrogens is 416 g/mol. The number of ether oxygens (including phenoxy) is 1. The maximum Gasteiger partial charge on any atom is 0.341 e. The largest absolute Gasteiger partial charge is 0.462 e. The van der Waals surface area contributed by atoms with Crippen LogP contribution in [0.2, 0.25) is 0 Å². The lowest BCUT2D eigenvalue weighted by Crippen LogP contribution is -2.46. The van der Waals surface area contributed by atoms with Crippen molar-refractivity contribution in [3.8, 4) is 0 Å². The predicted octanol–water partition coefficient (Wildman–Crippen LogP) is 4.49. The van der Waals surface area contributed by atoms with Gasteiger partial charge in [-0.1, -0.05) is 29.8 Å². The Morgan fingerprint density at radius 1 is 1.10 bits per heavy atom. The van der Waals surface area contributed by atoms with Gasteiger partial charge in [0.1, 0.15) is 5.00 Å². The number of ketones is 1. The highest BCUT2D eigenvalue weighted by molar-refractivity contribution is 7.16. The first-order valence-electron chi connectivity index (χ1n) is 9.80. The topological polar surface area (TPSA) is 97.6 Å².